The van der Waals surface area contributed by atoms with Gasteiger partial charge in [0.15, 0.2) is 23.0 Å². The Morgan fingerprint density at radius 2 is 1.58 bits per heavy atom. The number of aliphatic hydroxyl groups excluding tert-OH is 1. The summed E-state index contributed by atoms with van der Waals surface area (Å²) in [5, 5.41) is 49.1. The van der Waals surface area contributed by atoms with Crippen molar-refractivity contribution in [1.29, 1.82) is 0 Å². The van der Waals surface area contributed by atoms with Crippen molar-refractivity contribution in [3.8, 4) is 28.7 Å². The van der Waals surface area contributed by atoms with Crippen LogP contribution in [0.4, 0.5) is 0 Å². The van der Waals surface area contributed by atoms with Gasteiger partial charge in [0.1, 0.15) is 18.6 Å². The van der Waals surface area contributed by atoms with Crippen molar-refractivity contribution in [2.75, 3.05) is 13.3 Å². The Balaban J connectivity index is 1.09. The first-order valence-electron chi connectivity index (χ1n) is 20.8. The third-order valence-electron chi connectivity index (χ3n) is 13.4. The topological polar surface area (TPSA) is 154 Å². The van der Waals surface area contributed by atoms with Gasteiger partial charge in [-0.15, -0.1) is 0 Å². The van der Waals surface area contributed by atoms with E-state index in [2.05, 4.69) is 53.9 Å². The number of hydrogen-bond acceptors (Lipinski definition) is 9. The molecule has 4 aromatic carbocycles. The van der Waals surface area contributed by atoms with E-state index in [1.165, 1.54) is 17.2 Å². The number of nitrogens with two attached hydrogens (primary N) is 1. The highest BCUT2D eigenvalue weighted by molar-refractivity contribution is 5.79. The van der Waals surface area contributed by atoms with Crippen LogP contribution in [0.15, 0.2) is 97.1 Å². The van der Waals surface area contributed by atoms with E-state index in [-0.39, 0.29) is 83.7 Å². The van der Waals surface area contributed by atoms with Crippen molar-refractivity contribution in [1.82, 2.24) is 5.32 Å². The van der Waals surface area contributed by atoms with Gasteiger partial charge in [0.05, 0.1) is 6.10 Å². The number of benzene rings is 4. The summed E-state index contributed by atoms with van der Waals surface area (Å²) in [7, 11) is 0. The summed E-state index contributed by atoms with van der Waals surface area (Å²) in [6.45, 7) is 0.770. The molecular formula is C48H56N2O7. The number of allylic oxidation sites excluding steroid dienone is 1. The van der Waals surface area contributed by atoms with Gasteiger partial charge in [-0.1, -0.05) is 91.7 Å². The second-order valence-corrected chi connectivity index (χ2v) is 17.0. The highest BCUT2D eigenvalue weighted by atomic mass is 16.5. The Labute approximate surface area is 335 Å². The molecular weight excluding hydrogens is 717 g/mol. The van der Waals surface area contributed by atoms with Crippen LogP contribution >= 0.6 is 0 Å². The van der Waals surface area contributed by atoms with E-state index in [1.54, 1.807) is 18.2 Å². The quantitative estimate of drug-likeness (QED) is 0.0433. The Hall–Kier alpha value is -4.83. The van der Waals surface area contributed by atoms with Crippen LogP contribution in [0, 0.1) is 17.3 Å². The molecule has 0 aromatic heterocycles. The monoisotopic (exact) mass is 772 g/mol. The summed E-state index contributed by atoms with van der Waals surface area (Å²) in [5.74, 6) is -0.535. The number of aryl methyl sites for hydroxylation is 1. The predicted molar refractivity (Wildman–Crippen MR) is 220 cm³/mol. The summed E-state index contributed by atoms with van der Waals surface area (Å²) < 4.78 is 12.5. The molecule has 4 aliphatic carbocycles. The van der Waals surface area contributed by atoms with Gasteiger partial charge in [-0.3, -0.25) is 10.5 Å². The largest absolute Gasteiger partial charge is 0.504 e. The molecule has 0 amide bonds. The zero-order valence-corrected chi connectivity index (χ0v) is 32.6. The molecule has 1 aliphatic heterocycles. The molecule has 7 unspecified atom stereocenters. The average Bonchev–Trinajstić information content (AvgIpc) is 3.54. The van der Waals surface area contributed by atoms with Crippen LogP contribution in [0.1, 0.15) is 91.0 Å². The lowest BCUT2D eigenvalue weighted by molar-refractivity contribution is -0.121. The summed E-state index contributed by atoms with van der Waals surface area (Å²) in [6.07, 6.45) is 11.3. The van der Waals surface area contributed by atoms with Crippen molar-refractivity contribution in [3.05, 3.63) is 125 Å². The number of ketones is 1. The first-order chi connectivity index (χ1) is 27.7. The number of rotatable bonds is 14. The fourth-order valence-corrected chi connectivity index (χ4v) is 10.5. The second kappa shape index (κ2) is 16.9. The smallest absolute Gasteiger partial charge is 0.200 e. The number of phenolic OH excluding ortho intramolecular Hbond substituents is 3. The summed E-state index contributed by atoms with van der Waals surface area (Å²) >= 11 is 0. The number of aromatic hydroxyl groups is 3. The maximum Gasteiger partial charge on any atom is 0.200 e. The molecule has 1 saturated heterocycles. The Morgan fingerprint density at radius 3 is 2.30 bits per heavy atom. The molecule has 57 heavy (non-hydrogen) atoms. The van der Waals surface area contributed by atoms with Crippen molar-refractivity contribution in [2.45, 2.75) is 101 Å². The highest BCUT2D eigenvalue weighted by Gasteiger charge is 2.49. The molecule has 7 N–H and O–H groups in total. The lowest BCUT2D eigenvalue weighted by Crippen LogP contribution is -2.55. The van der Waals surface area contributed by atoms with E-state index in [0.29, 0.717) is 12.2 Å². The molecule has 4 aromatic rings. The number of nitrogens with one attached hydrogen (secondary N) is 1. The lowest BCUT2D eigenvalue weighted by Gasteiger charge is -2.46. The first kappa shape index (κ1) is 39.0. The number of aliphatic hydroxyl groups is 1. The number of phenols is 3. The van der Waals surface area contributed by atoms with Crippen LogP contribution in [-0.4, -0.2) is 57.7 Å². The van der Waals surface area contributed by atoms with Crippen LogP contribution in [0.2, 0.25) is 0 Å². The van der Waals surface area contributed by atoms with Crippen LogP contribution in [0.25, 0.3) is 0 Å². The maximum atomic E-state index is 13.5. The van der Waals surface area contributed by atoms with Gasteiger partial charge >= 0.3 is 0 Å². The Morgan fingerprint density at radius 1 is 0.860 bits per heavy atom. The molecule has 9 heteroatoms. The third-order valence-corrected chi connectivity index (χ3v) is 13.4. The molecule has 2 fully saturated rings. The number of Topliss-reactive ketones (excluding diaryl/α,β-unsaturated/α-hetero) is 1. The zero-order chi connectivity index (χ0) is 39.5. The number of ether oxygens (including phenoxy) is 2. The third kappa shape index (κ3) is 8.29. The molecule has 2 bridgehead atoms. The lowest BCUT2D eigenvalue weighted by atomic mass is 9.65. The predicted octanol–water partition coefficient (Wildman–Crippen LogP) is 7.58. The van der Waals surface area contributed by atoms with Gasteiger partial charge in [-0.05, 0) is 90.8 Å². The summed E-state index contributed by atoms with van der Waals surface area (Å²) in [6, 6.07) is 27.7. The van der Waals surface area contributed by atoms with E-state index in [9.17, 15) is 25.2 Å². The van der Waals surface area contributed by atoms with Crippen LogP contribution in [0.5, 0.6) is 28.7 Å². The molecule has 5 aliphatic rings. The molecule has 9 nitrogen and oxygen atoms in total. The first-order valence-corrected chi connectivity index (χ1v) is 20.8. The number of hydrogen-bond donors (Lipinski definition) is 6. The van der Waals surface area contributed by atoms with E-state index in [0.717, 1.165) is 74.6 Å². The van der Waals surface area contributed by atoms with Crippen molar-refractivity contribution >= 4 is 5.78 Å². The van der Waals surface area contributed by atoms with Gasteiger partial charge in [0.25, 0.3) is 0 Å². The zero-order valence-electron chi connectivity index (χ0n) is 32.6. The minimum atomic E-state index is -0.970. The van der Waals surface area contributed by atoms with Crippen LogP contribution < -0.4 is 20.5 Å². The molecule has 0 radical (unpaired) electrons. The van der Waals surface area contributed by atoms with Crippen molar-refractivity contribution in [3.63, 3.8) is 0 Å². The molecule has 300 valence electrons. The second-order valence-electron chi connectivity index (χ2n) is 17.0. The normalized spacial score (nSPS) is 25.2. The number of piperidine rings is 1. The molecule has 1 heterocycles. The van der Waals surface area contributed by atoms with Gasteiger partial charge < -0.3 is 35.2 Å². The number of fused-ring (bicyclic) bond motifs is 2. The van der Waals surface area contributed by atoms with E-state index < -0.39 is 12.0 Å². The Kier molecular flexibility index (Phi) is 11.6. The van der Waals surface area contributed by atoms with Crippen molar-refractivity contribution < 1.29 is 34.7 Å². The van der Waals surface area contributed by atoms with E-state index >= 15 is 0 Å². The maximum absolute atomic E-state index is 13.5. The number of carbonyl (C=O) groups is 1. The van der Waals surface area contributed by atoms with Crippen molar-refractivity contribution in [2.24, 2.45) is 23.0 Å². The fraction of sp³-hybridized carbons (Fsp3) is 0.438. The fourth-order valence-electron chi connectivity index (χ4n) is 10.5. The minimum Gasteiger partial charge on any atom is -0.504 e. The van der Waals surface area contributed by atoms with Gasteiger partial charge in [0.2, 0.25) is 5.75 Å². The summed E-state index contributed by atoms with van der Waals surface area (Å²) in [4.78, 5) is 13.5. The van der Waals surface area contributed by atoms with E-state index in [4.69, 9.17) is 15.2 Å². The average molecular weight is 773 g/mol. The van der Waals surface area contributed by atoms with Crippen LogP contribution in [-0.2, 0) is 24.1 Å². The SMILES string of the molecule is NCOc1cc(CCC(=O)CC(O)C2C=CC3CC(Cc4ccccc4)C2c2cc(O)c(O)c(OC4CC(Cc5ccccc5)NCC45CCCC5)c23)ccc1O. The highest BCUT2D eigenvalue weighted by Crippen LogP contribution is 2.59. The molecule has 9 rings (SSSR count). The minimum absolute atomic E-state index is 0.0136. The standard InChI is InChI=1S/C48H56N2O7/c49-29-56-42-23-32(14-18-39(42)52)13-16-36(51)26-40(53)37-17-15-33-24-34(21-30-9-3-1-4-10-30)44(37)38-27-41(54)46(55)47(45(33)38)57-43-25-35(22-31-11-5-2-6-12-31)50-28-48(43)19-7-8-20-48/h1-6,9-12,14-15,17-18,23,27,33-35,37,40,43-44,50,52-55H,7-8,13,16,19-22,24-26,28-29,49H2. The van der Waals surface area contributed by atoms with Gasteiger partial charge in [0, 0.05) is 54.7 Å². The van der Waals surface area contributed by atoms with Gasteiger partial charge in [-0.25, -0.2) is 0 Å². The molecule has 7 atom stereocenters. The van der Waals surface area contributed by atoms with E-state index in [1.807, 2.05) is 24.3 Å². The number of carbonyl (C=O) groups excluding carboxylic acids is 1. The van der Waals surface area contributed by atoms with Gasteiger partial charge in [-0.2, -0.15) is 0 Å². The Bertz CT molecular complexity index is 2050. The molecule has 1 spiro atoms. The molecule has 1 saturated carbocycles. The van der Waals surface area contributed by atoms with Crippen LogP contribution in [0.3, 0.4) is 0 Å². The summed E-state index contributed by atoms with van der Waals surface area (Å²) in [5.41, 5.74) is 10.5.